The Hall–Kier alpha value is -3.23. The third-order valence-corrected chi connectivity index (χ3v) is 5.75. The van der Waals surface area contributed by atoms with E-state index in [0.717, 1.165) is 50.2 Å². The van der Waals surface area contributed by atoms with Gasteiger partial charge >= 0.3 is 5.97 Å². The molecule has 170 valence electrons. The van der Waals surface area contributed by atoms with E-state index in [0.29, 0.717) is 19.6 Å². The van der Waals surface area contributed by atoms with Crippen LogP contribution in [0.25, 0.3) is 0 Å². The van der Waals surface area contributed by atoms with Gasteiger partial charge in [0.25, 0.3) is 11.8 Å². The van der Waals surface area contributed by atoms with E-state index >= 15 is 0 Å². The lowest BCUT2D eigenvalue weighted by Gasteiger charge is -2.18. The van der Waals surface area contributed by atoms with Crippen LogP contribution in [0.2, 0.25) is 0 Å². The summed E-state index contributed by atoms with van der Waals surface area (Å²) in [6.45, 7) is 1.70. The van der Waals surface area contributed by atoms with E-state index in [9.17, 15) is 14.7 Å². The average Bonchev–Trinajstić information content (AvgIpc) is 2.81. The van der Waals surface area contributed by atoms with Crippen LogP contribution in [0.3, 0.4) is 0 Å². The summed E-state index contributed by atoms with van der Waals surface area (Å²) in [7, 11) is 0. The fourth-order valence-electron chi connectivity index (χ4n) is 3.98. The maximum Gasteiger partial charge on any atom is 0.312 e. The minimum atomic E-state index is -1.03. The fraction of sp³-hybridized carbons (Fsp3) is 0.522. The first-order chi connectivity index (χ1) is 15.6. The van der Waals surface area contributed by atoms with Gasteiger partial charge in [-0.05, 0) is 50.2 Å². The maximum absolute atomic E-state index is 12.3. The summed E-state index contributed by atoms with van der Waals surface area (Å²) < 4.78 is 10.7. The zero-order chi connectivity index (χ0) is 22.3. The number of nitrogens with one attached hydrogen (secondary N) is 1. The molecular weight excluding hydrogens is 412 g/mol. The Labute approximate surface area is 186 Å². The minimum Gasteiger partial charge on any atom is -0.481 e. The molecule has 0 amide bonds. The molecule has 4 heterocycles. The van der Waals surface area contributed by atoms with Crippen molar-refractivity contribution in [1.82, 2.24) is 15.0 Å². The molecule has 2 aromatic rings. The fourth-order valence-corrected chi connectivity index (χ4v) is 3.98. The van der Waals surface area contributed by atoms with Gasteiger partial charge in [0.05, 0.1) is 11.9 Å². The molecule has 2 aromatic heterocycles. The highest BCUT2D eigenvalue weighted by Gasteiger charge is 2.25. The molecule has 2 aliphatic heterocycles. The molecule has 9 heteroatoms. The number of aromatic nitrogens is 3. The van der Waals surface area contributed by atoms with Gasteiger partial charge in [-0.1, -0.05) is 6.07 Å². The zero-order valence-electron chi connectivity index (χ0n) is 18.0. The number of carboxylic acids is 1. The SMILES string of the molecule is O=C(CCCCc1ccc2c(n1)NCCC2)CCC(C(=O)O)c1cnc2c(n1)OCCO2. The van der Waals surface area contributed by atoms with E-state index in [1.807, 2.05) is 0 Å². The molecule has 0 fully saturated rings. The number of hydrogen-bond donors (Lipinski definition) is 2. The molecule has 0 saturated heterocycles. The first-order valence-electron chi connectivity index (χ1n) is 11.2. The molecule has 0 saturated carbocycles. The molecule has 2 aliphatic rings. The summed E-state index contributed by atoms with van der Waals surface area (Å²) in [5.74, 6) is -0.416. The van der Waals surface area contributed by atoms with Crippen LogP contribution in [0.1, 0.15) is 61.4 Å². The Morgan fingerprint density at radius 3 is 2.78 bits per heavy atom. The van der Waals surface area contributed by atoms with Crippen molar-refractivity contribution in [3.63, 3.8) is 0 Å². The van der Waals surface area contributed by atoms with Crippen molar-refractivity contribution >= 4 is 17.6 Å². The lowest BCUT2D eigenvalue weighted by Crippen LogP contribution is -2.20. The van der Waals surface area contributed by atoms with Crippen molar-refractivity contribution in [2.75, 3.05) is 25.1 Å². The van der Waals surface area contributed by atoms with Gasteiger partial charge in [0.2, 0.25) is 0 Å². The van der Waals surface area contributed by atoms with Crippen molar-refractivity contribution in [1.29, 1.82) is 0 Å². The van der Waals surface area contributed by atoms with Crippen molar-refractivity contribution in [2.24, 2.45) is 0 Å². The molecule has 32 heavy (non-hydrogen) atoms. The maximum atomic E-state index is 12.3. The van der Waals surface area contributed by atoms with Gasteiger partial charge in [0.15, 0.2) is 0 Å². The molecule has 1 unspecified atom stereocenters. The Morgan fingerprint density at radius 2 is 1.94 bits per heavy atom. The molecule has 1 atom stereocenters. The number of carbonyl (C=O) groups excluding carboxylic acids is 1. The lowest BCUT2D eigenvalue weighted by molar-refractivity contribution is -0.139. The lowest BCUT2D eigenvalue weighted by atomic mass is 9.96. The molecule has 0 spiro atoms. The van der Waals surface area contributed by atoms with Crippen LogP contribution < -0.4 is 14.8 Å². The van der Waals surface area contributed by atoms with Gasteiger partial charge in [-0.3, -0.25) is 9.59 Å². The van der Waals surface area contributed by atoms with Gasteiger partial charge in [-0.2, -0.15) is 0 Å². The van der Waals surface area contributed by atoms with Crippen molar-refractivity contribution in [3.8, 4) is 11.8 Å². The smallest absolute Gasteiger partial charge is 0.312 e. The van der Waals surface area contributed by atoms with E-state index in [-0.39, 0.29) is 36.1 Å². The predicted octanol–water partition coefficient (Wildman–Crippen LogP) is 2.93. The Balaban J connectivity index is 1.22. The molecule has 0 aliphatic carbocycles. The second kappa shape index (κ2) is 10.4. The summed E-state index contributed by atoms with van der Waals surface area (Å²) in [4.78, 5) is 37.1. The quantitative estimate of drug-likeness (QED) is 0.537. The standard InChI is InChI=1S/C23H28N4O5/c28-17(6-2-1-5-16-8-7-15-4-3-11-24-20(15)26-16)9-10-18(23(29)30)19-14-25-21-22(27-19)32-13-12-31-21/h7-8,14,18H,1-6,9-13H2,(H,24,26)(H,29,30). The Bertz CT molecular complexity index is 981. The normalized spacial score (nSPS) is 15.4. The van der Waals surface area contributed by atoms with Crippen LogP contribution in [0.4, 0.5) is 5.82 Å². The van der Waals surface area contributed by atoms with Crippen LogP contribution in [0.5, 0.6) is 11.8 Å². The van der Waals surface area contributed by atoms with Crippen molar-refractivity contribution in [3.05, 3.63) is 35.3 Å². The van der Waals surface area contributed by atoms with Gasteiger partial charge < -0.3 is 19.9 Å². The molecule has 2 N–H and O–H groups in total. The molecule has 0 radical (unpaired) electrons. The Kier molecular flexibility index (Phi) is 7.14. The highest BCUT2D eigenvalue weighted by molar-refractivity contribution is 5.80. The average molecular weight is 441 g/mol. The summed E-state index contributed by atoms with van der Waals surface area (Å²) in [5.41, 5.74) is 2.58. The minimum absolute atomic E-state index is 0.0572. The number of ether oxygens (including phenoxy) is 2. The number of ketones is 1. The van der Waals surface area contributed by atoms with Crippen LogP contribution >= 0.6 is 0 Å². The second-order valence-corrected chi connectivity index (χ2v) is 8.12. The summed E-state index contributed by atoms with van der Waals surface area (Å²) in [5, 5.41) is 12.9. The second-order valence-electron chi connectivity index (χ2n) is 8.12. The molecule has 9 nitrogen and oxygen atoms in total. The number of rotatable bonds is 10. The first-order valence-corrected chi connectivity index (χ1v) is 11.2. The van der Waals surface area contributed by atoms with E-state index in [1.165, 1.54) is 11.8 Å². The number of Topliss-reactive ketones (excluding diaryl/α,β-unsaturated/α-hetero) is 1. The number of nitrogens with zero attached hydrogens (tertiary/aromatic N) is 3. The van der Waals surface area contributed by atoms with Crippen LogP contribution in [-0.2, 0) is 22.4 Å². The highest BCUT2D eigenvalue weighted by atomic mass is 16.6. The van der Waals surface area contributed by atoms with Gasteiger partial charge in [-0.15, -0.1) is 0 Å². The van der Waals surface area contributed by atoms with E-state index < -0.39 is 11.9 Å². The number of aliphatic carboxylic acids is 1. The number of pyridine rings is 1. The molecular formula is C23H28N4O5. The summed E-state index contributed by atoms with van der Waals surface area (Å²) in [6.07, 6.45) is 6.85. The van der Waals surface area contributed by atoms with Gasteiger partial charge in [0, 0.05) is 25.1 Å². The summed E-state index contributed by atoms with van der Waals surface area (Å²) >= 11 is 0. The van der Waals surface area contributed by atoms with E-state index in [2.05, 4.69) is 32.4 Å². The monoisotopic (exact) mass is 440 g/mol. The number of anilines is 1. The third kappa shape index (κ3) is 5.52. The number of carbonyl (C=O) groups is 2. The predicted molar refractivity (Wildman–Crippen MR) is 116 cm³/mol. The highest BCUT2D eigenvalue weighted by Crippen LogP contribution is 2.29. The number of aryl methyl sites for hydroxylation is 2. The number of carboxylic acid groups (broad SMARTS) is 1. The van der Waals surface area contributed by atoms with Crippen LogP contribution in [-0.4, -0.2) is 51.6 Å². The number of unbranched alkanes of at least 4 members (excludes halogenated alkanes) is 1. The molecule has 4 rings (SSSR count). The summed E-state index contributed by atoms with van der Waals surface area (Å²) in [6, 6.07) is 4.21. The first kappa shape index (κ1) is 22.0. The zero-order valence-corrected chi connectivity index (χ0v) is 18.0. The molecule has 0 bridgehead atoms. The Morgan fingerprint density at radius 1 is 1.09 bits per heavy atom. The van der Waals surface area contributed by atoms with Crippen LogP contribution in [0, 0.1) is 0 Å². The largest absolute Gasteiger partial charge is 0.481 e. The van der Waals surface area contributed by atoms with Crippen LogP contribution in [0.15, 0.2) is 18.3 Å². The van der Waals surface area contributed by atoms with E-state index in [4.69, 9.17) is 9.47 Å². The van der Waals surface area contributed by atoms with E-state index in [1.54, 1.807) is 0 Å². The van der Waals surface area contributed by atoms with Gasteiger partial charge in [0.1, 0.15) is 30.7 Å². The topological polar surface area (TPSA) is 124 Å². The van der Waals surface area contributed by atoms with Crippen molar-refractivity contribution < 1.29 is 24.2 Å². The number of hydrogen-bond acceptors (Lipinski definition) is 8. The van der Waals surface area contributed by atoms with Crippen molar-refractivity contribution in [2.45, 2.75) is 57.3 Å². The van der Waals surface area contributed by atoms with Gasteiger partial charge in [-0.25, -0.2) is 15.0 Å². The molecule has 0 aromatic carbocycles. The third-order valence-electron chi connectivity index (χ3n) is 5.75. The number of fused-ring (bicyclic) bond motifs is 2.